The summed E-state index contributed by atoms with van der Waals surface area (Å²) in [7, 11) is -7.98. The van der Waals surface area contributed by atoms with Gasteiger partial charge in [0, 0.05) is 6.54 Å². The van der Waals surface area contributed by atoms with Crippen LogP contribution in [0.4, 0.5) is 11.4 Å². The minimum atomic E-state index is -4.05. The van der Waals surface area contributed by atoms with Crippen LogP contribution in [-0.4, -0.2) is 36.0 Å². The summed E-state index contributed by atoms with van der Waals surface area (Å²) in [5.41, 5.74) is 0.814. The molecule has 11 heteroatoms. The van der Waals surface area contributed by atoms with Crippen molar-refractivity contribution in [3.05, 3.63) is 48.0 Å². The zero-order chi connectivity index (χ0) is 20.9. The first-order valence-corrected chi connectivity index (χ1v) is 11.3. The number of primary sulfonamides is 1. The molecule has 9 nitrogen and oxygen atoms in total. The fourth-order valence-electron chi connectivity index (χ4n) is 2.33. The second-order valence-electron chi connectivity index (χ2n) is 5.63. The first kappa shape index (κ1) is 21.7. The normalized spacial score (nSPS) is 11.7. The van der Waals surface area contributed by atoms with E-state index in [0.717, 1.165) is 24.3 Å². The molecule has 0 aliphatic carbocycles. The number of ether oxygens (including phenoxy) is 1. The van der Waals surface area contributed by atoms with Gasteiger partial charge in [-0.25, -0.2) is 26.8 Å². The van der Waals surface area contributed by atoms with E-state index in [1.54, 1.807) is 13.0 Å². The number of anilines is 2. The van der Waals surface area contributed by atoms with Gasteiger partial charge in [-0.05, 0) is 56.3 Å². The zero-order valence-electron chi connectivity index (χ0n) is 15.3. The smallest absolute Gasteiger partial charge is 0.338 e. The SMILES string of the molecule is CCNc1ccc(C(=O)OCC)cc1NS(=O)(=O)c1ccc(S(N)(=O)=O)cc1. The quantitative estimate of drug-likeness (QED) is 0.544. The second-order valence-corrected chi connectivity index (χ2v) is 8.88. The molecule has 0 heterocycles. The molecule has 4 N–H and O–H groups in total. The van der Waals surface area contributed by atoms with Crippen LogP contribution in [0, 0.1) is 0 Å². The highest BCUT2D eigenvalue weighted by molar-refractivity contribution is 7.92. The maximum Gasteiger partial charge on any atom is 0.338 e. The lowest BCUT2D eigenvalue weighted by molar-refractivity contribution is 0.0526. The summed E-state index contributed by atoms with van der Waals surface area (Å²) in [6, 6.07) is 8.92. The van der Waals surface area contributed by atoms with Crippen molar-refractivity contribution in [1.29, 1.82) is 0 Å². The summed E-state index contributed by atoms with van der Waals surface area (Å²) >= 11 is 0. The summed E-state index contributed by atoms with van der Waals surface area (Å²) in [5, 5.41) is 8.02. The van der Waals surface area contributed by atoms with Crippen molar-refractivity contribution < 1.29 is 26.4 Å². The standard InChI is InChI=1S/C17H21N3O6S2/c1-3-19-15-10-5-12(17(21)26-4-2)11-16(15)20-28(24,25)14-8-6-13(7-9-14)27(18,22)23/h5-11,19-20H,3-4H2,1-2H3,(H2,18,22,23). The summed E-state index contributed by atoms with van der Waals surface area (Å²) in [5.74, 6) is -0.580. The van der Waals surface area contributed by atoms with Gasteiger partial charge < -0.3 is 10.1 Å². The van der Waals surface area contributed by atoms with Crippen molar-refractivity contribution in [2.24, 2.45) is 5.14 Å². The highest BCUT2D eigenvalue weighted by Gasteiger charge is 2.19. The maximum absolute atomic E-state index is 12.7. The minimum absolute atomic E-state index is 0.155. The highest BCUT2D eigenvalue weighted by Crippen LogP contribution is 2.27. The molecule has 28 heavy (non-hydrogen) atoms. The molecule has 0 saturated carbocycles. The van der Waals surface area contributed by atoms with E-state index in [9.17, 15) is 21.6 Å². The van der Waals surface area contributed by atoms with Crippen LogP contribution in [-0.2, 0) is 24.8 Å². The van der Waals surface area contributed by atoms with E-state index >= 15 is 0 Å². The predicted molar refractivity (Wildman–Crippen MR) is 105 cm³/mol. The van der Waals surface area contributed by atoms with Gasteiger partial charge in [0.05, 0.1) is 33.3 Å². The molecule has 0 fully saturated rings. The van der Waals surface area contributed by atoms with E-state index in [-0.39, 0.29) is 27.6 Å². The number of hydrogen-bond donors (Lipinski definition) is 3. The van der Waals surface area contributed by atoms with Crippen molar-refractivity contribution in [2.75, 3.05) is 23.2 Å². The molecular formula is C17H21N3O6S2. The summed E-state index contributed by atoms with van der Waals surface area (Å²) in [4.78, 5) is 11.6. The molecule has 2 aromatic rings. The molecule has 0 spiro atoms. The number of hydrogen-bond acceptors (Lipinski definition) is 7. The Bertz CT molecular complexity index is 1060. The average molecular weight is 428 g/mol. The van der Waals surface area contributed by atoms with Gasteiger partial charge in [0.25, 0.3) is 10.0 Å². The number of carbonyl (C=O) groups excluding carboxylic acids is 1. The number of sulfonamides is 2. The van der Waals surface area contributed by atoms with Crippen LogP contribution in [0.3, 0.4) is 0 Å². The van der Waals surface area contributed by atoms with Crippen LogP contribution in [0.1, 0.15) is 24.2 Å². The van der Waals surface area contributed by atoms with Gasteiger partial charge in [-0.1, -0.05) is 0 Å². The fraction of sp³-hybridized carbons (Fsp3) is 0.235. The number of esters is 1. The molecular weight excluding hydrogens is 406 g/mol. The Labute approximate surface area is 164 Å². The summed E-state index contributed by atoms with van der Waals surface area (Å²) in [6.07, 6.45) is 0. The highest BCUT2D eigenvalue weighted by atomic mass is 32.2. The van der Waals surface area contributed by atoms with Crippen molar-refractivity contribution in [3.63, 3.8) is 0 Å². The van der Waals surface area contributed by atoms with Crippen molar-refractivity contribution >= 4 is 37.4 Å². The minimum Gasteiger partial charge on any atom is -0.462 e. The molecule has 0 bridgehead atoms. The van der Waals surface area contributed by atoms with Crippen LogP contribution in [0.25, 0.3) is 0 Å². The summed E-state index contributed by atoms with van der Waals surface area (Å²) in [6.45, 7) is 4.21. The van der Waals surface area contributed by atoms with Crippen molar-refractivity contribution in [1.82, 2.24) is 0 Å². The Morgan fingerprint density at radius 2 is 1.57 bits per heavy atom. The Balaban J connectivity index is 2.40. The topological polar surface area (TPSA) is 145 Å². The first-order valence-electron chi connectivity index (χ1n) is 8.29. The number of benzene rings is 2. The monoisotopic (exact) mass is 427 g/mol. The van der Waals surface area contributed by atoms with E-state index in [2.05, 4.69) is 10.0 Å². The Kier molecular flexibility index (Phi) is 6.65. The Hall–Kier alpha value is -2.63. The average Bonchev–Trinajstić information content (AvgIpc) is 2.62. The Morgan fingerprint density at radius 3 is 2.11 bits per heavy atom. The molecule has 0 aliphatic rings. The third-order valence-corrected chi connectivity index (χ3v) is 5.92. The Morgan fingerprint density at radius 1 is 0.964 bits per heavy atom. The van der Waals surface area contributed by atoms with E-state index in [0.29, 0.717) is 12.2 Å². The van der Waals surface area contributed by atoms with Crippen molar-refractivity contribution in [3.8, 4) is 0 Å². The molecule has 0 saturated heterocycles. The van der Waals surface area contributed by atoms with Crippen LogP contribution in [0.2, 0.25) is 0 Å². The van der Waals surface area contributed by atoms with Gasteiger partial charge in [0.1, 0.15) is 0 Å². The number of nitrogens with two attached hydrogens (primary N) is 1. The number of carbonyl (C=O) groups is 1. The van der Waals surface area contributed by atoms with Gasteiger partial charge in [0.15, 0.2) is 0 Å². The molecule has 0 aromatic heterocycles. The van der Waals surface area contributed by atoms with Gasteiger partial charge in [-0.15, -0.1) is 0 Å². The van der Waals surface area contributed by atoms with Crippen molar-refractivity contribution in [2.45, 2.75) is 23.6 Å². The van der Waals surface area contributed by atoms with E-state index < -0.39 is 26.0 Å². The van der Waals surface area contributed by atoms with Crippen LogP contribution < -0.4 is 15.2 Å². The molecule has 0 amide bonds. The van der Waals surface area contributed by atoms with Crippen LogP contribution in [0.15, 0.2) is 52.3 Å². The molecule has 2 aromatic carbocycles. The number of nitrogens with one attached hydrogen (secondary N) is 2. The second kappa shape index (κ2) is 8.59. The van der Waals surface area contributed by atoms with Gasteiger partial charge in [-0.2, -0.15) is 0 Å². The maximum atomic E-state index is 12.7. The molecule has 152 valence electrons. The summed E-state index contributed by atoms with van der Waals surface area (Å²) < 4.78 is 55.4. The molecule has 2 rings (SSSR count). The zero-order valence-corrected chi connectivity index (χ0v) is 16.9. The molecule has 0 radical (unpaired) electrons. The third-order valence-electron chi connectivity index (χ3n) is 3.60. The van der Waals surface area contributed by atoms with Gasteiger partial charge >= 0.3 is 5.97 Å². The predicted octanol–water partition coefficient (Wildman–Crippen LogP) is 1.74. The van der Waals surface area contributed by atoms with Crippen LogP contribution >= 0.6 is 0 Å². The van der Waals surface area contributed by atoms with E-state index in [1.807, 2.05) is 6.92 Å². The lowest BCUT2D eigenvalue weighted by Gasteiger charge is -2.15. The van der Waals surface area contributed by atoms with Gasteiger partial charge in [0.2, 0.25) is 10.0 Å². The lowest BCUT2D eigenvalue weighted by Crippen LogP contribution is -2.16. The number of rotatable bonds is 8. The fourth-order valence-corrected chi connectivity index (χ4v) is 3.91. The molecule has 0 aliphatic heterocycles. The van der Waals surface area contributed by atoms with E-state index in [1.165, 1.54) is 12.1 Å². The van der Waals surface area contributed by atoms with E-state index in [4.69, 9.17) is 9.88 Å². The molecule has 0 unspecified atom stereocenters. The largest absolute Gasteiger partial charge is 0.462 e. The van der Waals surface area contributed by atoms with Gasteiger partial charge in [-0.3, -0.25) is 4.72 Å². The lowest BCUT2D eigenvalue weighted by atomic mass is 10.1. The molecule has 0 atom stereocenters. The third kappa shape index (κ3) is 5.21. The van der Waals surface area contributed by atoms with Crippen LogP contribution in [0.5, 0.6) is 0 Å². The first-order chi connectivity index (χ1) is 13.1.